The van der Waals surface area contributed by atoms with Gasteiger partial charge in [0, 0.05) is 23.5 Å². The summed E-state index contributed by atoms with van der Waals surface area (Å²) in [4.78, 5) is 23.8. The zero-order valence-corrected chi connectivity index (χ0v) is 20.5. The number of hydrogen-bond acceptors (Lipinski definition) is 2. The number of carbonyl (C=O) groups is 2. The van der Waals surface area contributed by atoms with Crippen LogP contribution in [0.15, 0.2) is 36.4 Å². The Morgan fingerprint density at radius 3 is 2.00 bits per heavy atom. The lowest BCUT2D eigenvalue weighted by molar-refractivity contribution is -0.140. The molecule has 1 unspecified atom stereocenters. The molecule has 0 bridgehead atoms. The molecule has 3 nitrogen and oxygen atoms in total. The number of rotatable bonds is 8. The number of allylic oxidation sites excluding steroid dienone is 1. The molecule has 0 aliphatic carbocycles. The van der Waals surface area contributed by atoms with E-state index in [4.69, 9.17) is 40.5 Å². The Labute approximate surface area is 216 Å². The fraction of sp³-hybridized carbons (Fsp3) is 0.304. The first-order chi connectivity index (χ1) is 16.5. The zero-order valence-electron chi connectivity index (χ0n) is 18.2. The number of halogens is 10. The quantitative estimate of drug-likeness (QED) is 0.194. The fourth-order valence-electron chi connectivity index (χ4n) is 3.33. The van der Waals surface area contributed by atoms with E-state index in [1.807, 2.05) is 0 Å². The van der Waals surface area contributed by atoms with Crippen LogP contribution in [0.5, 0.6) is 0 Å². The smallest absolute Gasteiger partial charge is 0.369 e. The summed E-state index contributed by atoms with van der Waals surface area (Å²) in [5, 5.41) is -0.916. The van der Waals surface area contributed by atoms with Crippen molar-refractivity contribution in [2.45, 2.75) is 38.0 Å². The lowest BCUT2D eigenvalue weighted by Gasteiger charge is -2.19. The van der Waals surface area contributed by atoms with Crippen LogP contribution in [-0.4, -0.2) is 17.9 Å². The molecule has 0 aliphatic heterocycles. The predicted molar refractivity (Wildman–Crippen MR) is 123 cm³/mol. The number of amides is 1. The molecule has 0 aliphatic rings. The van der Waals surface area contributed by atoms with Crippen molar-refractivity contribution in [2.24, 2.45) is 11.7 Å². The summed E-state index contributed by atoms with van der Waals surface area (Å²) in [6, 6.07) is 3.21. The lowest BCUT2D eigenvalue weighted by atomic mass is 9.91. The number of primary amides is 1. The van der Waals surface area contributed by atoms with Crippen molar-refractivity contribution in [3.63, 3.8) is 0 Å². The lowest BCUT2D eigenvalue weighted by Crippen LogP contribution is -2.26. The summed E-state index contributed by atoms with van der Waals surface area (Å²) in [5.41, 5.74) is 1.22. The summed E-state index contributed by atoms with van der Waals surface area (Å²) in [5.74, 6) is -7.28. The van der Waals surface area contributed by atoms with Crippen LogP contribution in [0.25, 0.3) is 5.83 Å². The number of carbonyl (C=O) groups excluding carboxylic acids is 2. The van der Waals surface area contributed by atoms with Crippen LogP contribution in [0.4, 0.5) is 30.7 Å². The maximum atomic E-state index is 14.9. The second kappa shape index (κ2) is 11.4. The van der Waals surface area contributed by atoms with Gasteiger partial charge in [-0.05, 0) is 36.3 Å². The summed E-state index contributed by atoms with van der Waals surface area (Å²) < 4.78 is 97.0. The van der Waals surface area contributed by atoms with Crippen molar-refractivity contribution < 1.29 is 40.3 Å². The number of alkyl halides is 6. The maximum absolute atomic E-state index is 14.9. The van der Waals surface area contributed by atoms with Gasteiger partial charge in [0.2, 0.25) is 5.91 Å². The van der Waals surface area contributed by atoms with Gasteiger partial charge >= 0.3 is 12.4 Å². The molecule has 13 heteroatoms. The van der Waals surface area contributed by atoms with Crippen LogP contribution in [0.2, 0.25) is 15.1 Å². The topological polar surface area (TPSA) is 60.2 Å². The fourth-order valence-corrected chi connectivity index (χ4v) is 3.94. The van der Waals surface area contributed by atoms with Gasteiger partial charge in [-0.1, -0.05) is 53.9 Å². The monoisotopic (exact) mass is 577 g/mol. The molecule has 2 aromatic carbocycles. The van der Waals surface area contributed by atoms with E-state index in [1.165, 1.54) is 6.92 Å². The summed E-state index contributed by atoms with van der Waals surface area (Å²) in [6.07, 6.45) is -10.7. The Balaban J connectivity index is 2.58. The van der Waals surface area contributed by atoms with Crippen LogP contribution < -0.4 is 5.73 Å². The Hall–Kier alpha value is -2.30. The molecule has 196 valence electrons. The third-order valence-corrected chi connectivity index (χ3v) is 6.46. The van der Waals surface area contributed by atoms with E-state index < -0.39 is 70.4 Å². The number of benzene rings is 2. The van der Waals surface area contributed by atoms with E-state index >= 15 is 0 Å². The summed E-state index contributed by atoms with van der Waals surface area (Å²) >= 11 is 17.3. The molecule has 0 aromatic heterocycles. The van der Waals surface area contributed by atoms with E-state index in [2.05, 4.69) is 0 Å². The SMILES string of the molecule is CC[C@@H](CC(=O)c1ccc(/C(F)=C/C(c2cc(Cl)c(Cl)c(Cl)c2)C(F)(F)F)cc1C(F)(F)F)C(N)=O. The molecule has 2 rings (SSSR count). The van der Waals surface area contributed by atoms with Gasteiger partial charge in [0.05, 0.1) is 20.6 Å². The second-order valence-electron chi connectivity index (χ2n) is 7.73. The van der Waals surface area contributed by atoms with Gasteiger partial charge in [-0.25, -0.2) is 4.39 Å². The van der Waals surface area contributed by atoms with Gasteiger partial charge < -0.3 is 5.73 Å². The summed E-state index contributed by atoms with van der Waals surface area (Å²) in [6.45, 7) is 1.51. The van der Waals surface area contributed by atoms with E-state index in [9.17, 15) is 40.3 Å². The number of nitrogens with two attached hydrogens (primary N) is 1. The Kier molecular flexibility index (Phi) is 9.47. The molecule has 1 amide bonds. The molecule has 2 aromatic rings. The van der Waals surface area contributed by atoms with Gasteiger partial charge in [-0.2, -0.15) is 26.3 Å². The largest absolute Gasteiger partial charge is 0.417 e. The second-order valence-corrected chi connectivity index (χ2v) is 8.92. The first-order valence-electron chi connectivity index (χ1n) is 10.1. The van der Waals surface area contributed by atoms with Gasteiger partial charge in [-0.3, -0.25) is 9.59 Å². The Morgan fingerprint density at radius 1 is 1.00 bits per heavy atom. The maximum Gasteiger partial charge on any atom is 0.417 e. The average molecular weight is 579 g/mol. The van der Waals surface area contributed by atoms with Crippen molar-refractivity contribution in [3.05, 3.63) is 73.7 Å². The predicted octanol–water partition coefficient (Wildman–Crippen LogP) is 8.41. The summed E-state index contributed by atoms with van der Waals surface area (Å²) in [7, 11) is 0. The minimum atomic E-state index is -5.16. The van der Waals surface area contributed by atoms with Crippen LogP contribution in [0, 0.1) is 5.92 Å². The molecule has 0 saturated heterocycles. The molecule has 0 fully saturated rings. The van der Waals surface area contributed by atoms with Gasteiger partial charge in [-0.15, -0.1) is 0 Å². The van der Waals surface area contributed by atoms with Crippen LogP contribution in [-0.2, 0) is 11.0 Å². The van der Waals surface area contributed by atoms with Crippen molar-refractivity contribution in [3.8, 4) is 0 Å². The molecule has 2 N–H and O–H groups in total. The van der Waals surface area contributed by atoms with Crippen molar-refractivity contribution in [1.29, 1.82) is 0 Å². The molecule has 0 heterocycles. The van der Waals surface area contributed by atoms with Gasteiger partial charge in [0.1, 0.15) is 11.7 Å². The van der Waals surface area contributed by atoms with E-state index in [-0.39, 0.29) is 33.6 Å². The minimum absolute atomic E-state index is 0.0626. The van der Waals surface area contributed by atoms with Crippen molar-refractivity contribution >= 4 is 52.3 Å². The first-order valence-corrected chi connectivity index (χ1v) is 11.2. The van der Waals surface area contributed by atoms with E-state index in [0.717, 1.165) is 18.2 Å². The standard InChI is InChI=1S/C23H17Cl3F7NO2/c1-2-10(21(34)36)8-19(35)13-4-3-11(5-15(13)23(31,32)33)18(27)9-14(22(28,29)30)12-6-16(24)20(26)17(25)7-12/h3-7,9-10,14H,2,8H2,1H3,(H2,34,36)/b18-9-/t10-,14?/m0/s1. The van der Waals surface area contributed by atoms with Crippen molar-refractivity contribution in [1.82, 2.24) is 0 Å². The number of hydrogen-bond donors (Lipinski definition) is 1. The Bertz CT molecular complexity index is 1170. The van der Waals surface area contributed by atoms with Crippen LogP contribution in [0.3, 0.4) is 0 Å². The van der Waals surface area contributed by atoms with Crippen LogP contribution in [0.1, 0.15) is 52.7 Å². The number of ketones is 1. The molecular weight excluding hydrogens is 562 g/mol. The van der Waals surface area contributed by atoms with Gasteiger partial charge in [0.25, 0.3) is 0 Å². The third kappa shape index (κ3) is 7.14. The van der Waals surface area contributed by atoms with Crippen molar-refractivity contribution in [2.75, 3.05) is 0 Å². The molecule has 0 spiro atoms. The van der Waals surface area contributed by atoms with Gasteiger partial charge in [0.15, 0.2) is 5.78 Å². The number of Topliss-reactive ketones (excluding diaryl/α,β-unsaturated/α-hetero) is 1. The highest BCUT2D eigenvalue weighted by atomic mass is 35.5. The minimum Gasteiger partial charge on any atom is -0.369 e. The highest BCUT2D eigenvalue weighted by Crippen LogP contribution is 2.43. The van der Waals surface area contributed by atoms with E-state index in [0.29, 0.717) is 6.07 Å². The molecule has 36 heavy (non-hydrogen) atoms. The molecule has 2 atom stereocenters. The highest BCUT2D eigenvalue weighted by Gasteiger charge is 2.41. The first kappa shape index (κ1) is 29.9. The van der Waals surface area contributed by atoms with E-state index in [1.54, 1.807) is 0 Å². The van der Waals surface area contributed by atoms with Crippen LogP contribution >= 0.6 is 34.8 Å². The molecular formula is C23H17Cl3F7NO2. The average Bonchev–Trinajstić information content (AvgIpc) is 2.76. The highest BCUT2D eigenvalue weighted by molar-refractivity contribution is 6.48. The normalized spacial score (nSPS) is 14.5. The zero-order chi connectivity index (χ0) is 27.6. The Morgan fingerprint density at radius 2 is 1.56 bits per heavy atom. The molecule has 0 radical (unpaired) electrons. The third-order valence-electron chi connectivity index (χ3n) is 5.26. The molecule has 0 saturated carbocycles.